The summed E-state index contributed by atoms with van der Waals surface area (Å²) in [5.41, 5.74) is 16.6. The van der Waals surface area contributed by atoms with Crippen LogP contribution in [0.2, 0.25) is 0 Å². The predicted molar refractivity (Wildman–Crippen MR) is 238 cm³/mol. The van der Waals surface area contributed by atoms with Crippen molar-refractivity contribution in [2.75, 3.05) is 9.80 Å². The molecular formula is C54H42N2. The summed E-state index contributed by atoms with van der Waals surface area (Å²) in [6.07, 6.45) is 8.72. The van der Waals surface area contributed by atoms with Crippen molar-refractivity contribution in [2.45, 2.75) is 12.8 Å². The van der Waals surface area contributed by atoms with Gasteiger partial charge in [0.15, 0.2) is 0 Å². The number of hydrogen-bond donors (Lipinski definition) is 0. The summed E-state index contributed by atoms with van der Waals surface area (Å²) in [6, 6.07) is 76.3. The molecule has 268 valence electrons. The van der Waals surface area contributed by atoms with Crippen LogP contribution in [0.15, 0.2) is 236 Å². The van der Waals surface area contributed by atoms with Crippen molar-refractivity contribution in [2.24, 2.45) is 0 Å². The van der Waals surface area contributed by atoms with Crippen LogP contribution < -0.4 is 9.80 Å². The fourth-order valence-corrected chi connectivity index (χ4v) is 7.65. The molecule has 2 heteroatoms. The first kappa shape index (κ1) is 34.6. The number of anilines is 5. The molecule has 0 heterocycles. The van der Waals surface area contributed by atoms with E-state index in [1.807, 2.05) is 0 Å². The Kier molecular flexibility index (Phi) is 9.92. The van der Waals surface area contributed by atoms with E-state index in [2.05, 4.69) is 240 Å². The van der Waals surface area contributed by atoms with E-state index >= 15 is 0 Å². The van der Waals surface area contributed by atoms with Crippen LogP contribution in [0.1, 0.15) is 12.8 Å². The first-order chi connectivity index (χ1) is 27.8. The van der Waals surface area contributed by atoms with Crippen LogP contribution in [0.3, 0.4) is 0 Å². The van der Waals surface area contributed by atoms with Gasteiger partial charge >= 0.3 is 0 Å². The molecule has 0 saturated carbocycles. The molecule has 0 spiro atoms. The summed E-state index contributed by atoms with van der Waals surface area (Å²) in [7, 11) is 0. The van der Waals surface area contributed by atoms with Gasteiger partial charge in [-0.25, -0.2) is 0 Å². The molecule has 0 aliphatic heterocycles. The third-order valence-electron chi connectivity index (χ3n) is 10.5. The van der Waals surface area contributed by atoms with E-state index in [1.165, 1.54) is 50.2 Å². The van der Waals surface area contributed by atoms with Crippen molar-refractivity contribution in [3.63, 3.8) is 0 Å². The van der Waals surface area contributed by atoms with Crippen molar-refractivity contribution >= 4 is 28.4 Å². The lowest BCUT2D eigenvalue weighted by Crippen LogP contribution is -2.17. The maximum absolute atomic E-state index is 2.41. The largest absolute Gasteiger partial charge is 0.314 e. The maximum Gasteiger partial charge on any atom is 0.0464 e. The van der Waals surface area contributed by atoms with Gasteiger partial charge in [-0.1, -0.05) is 158 Å². The number of benzene rings is 8. The highest BCUT2D eigenvalue weighted by molar-refractivity contribution is 5.82. The van der Waals surface area contributed by atoms with Crippen molar-refractivity contribution < 1.29 is 0 Å². The minimum Gasteiger partial charge on any atom is -0.314 e. The van der Waals surface area contributed by atoms with Crippen LogP contribution in [-0.4, -0.2) is 0 Å². The second-order valence-electron chi connectivity index (χ2n) is 14.1. The topological polar surface area (TPSA) is 6.48 Å². The fraction of sp³-hybridized carbons (Fsp3) is 0.0370. The van der Waals surface area contributed by atoms with Crippen LogP contribution in [0.5, 0.6) is 0 Å². The van der Waals surface area contributed by atoms with E-state index in [-0.39, 0.29) is 0 Å². The van der Waals surface area contributed by atoms with Crippen LogP contribution in [0, 0.1) is 0 Å². The summed E-state index contributed by atoms with van der Waals surface area (Å²) < 4.78 is 0. The standard InChI is InChI=1S/C54H42N2/c1-5-15-41(16-6-1)43-27-33-51(34-28-43)55(49-22-9-3-10-23-49)52-37-31-45(32-38-52)46-19-13-20-47(39-46)48-21-14-26-54(40-48)56(50-24-11-4-12-25-50)53-35-29-44(30-36-53)42-17-7-2-8-18-42/h1-11,13-24,26-40H,12,25H2. The van der Waals surface area contributed by atoms with Crippen LogP contribution >= 0.6 is 0 Å². The lowest BCUT2D eigenvalue weighted by atomic mass is 9.98. The summed E-state index contributed by atoms with van der Waals surface area (Å²) in [5.74, 6) is 0. The predicted octanol–water partition coefficient (Wildman–Crippen LogP) is 15.2. The van der Waals surface area contributed by atoms with Crippen molar-refractivity contribution in [1.82, 2.24) is 0 Å². The molecule has 0 N–H and O–H groups in total. The van der Waals surface area contributed by atoms with Crippen LogP contribution in [0.25, 0.3) is 44.5 Å². The van der Waals surface area contributed by atoms with Crippen LogP contribution in [-0.2, 0) is 0 Å². The Morgan fingerprint density at radius 2 is 0.661 bits per heavy atom. The average Bonchev–Trinajstić information content (AvgIpc) is 3.29. The fourth-order valence-electron chi connectivity index (χ4n) is 7.65. The minimum atomic E-state index is 0.993. The average molecular weight is 719 g/mol. The highest BCUT2D eigenvalue weighted by Crippen LogP contribution is 2.39. The third kappa shape index (κ3) is 7.46. The smallest absolute Gasteiger partial charge is 0.0464 e. The van der Waals surface area contributed by atoms with Gasteiger partial charge in [0, 0.05) is 34.1 Å². The number of hydrogen-bond acceptors (Lipinski definition) is 2. The molecular weight excluding hydrogens is 677 g/mol. The van der Waals surface area contributed by atoms with Crippen molar-refractivity contribution in [1.29, 1.82) is 0 Å². The molecule has 0 amide bonds. The van der Waals surface area contributed by atoms with Gasteiger partial charge < -0.3 is 9.80 Å². The van der Waals surface area contributed by atoms with Crippen molar-refractivity contribution in [3.8, 4) is 44.5 Å². The van der Waals surface area contributed by atoms with E-state index < -0.39 is 0 Å². The van der Waals surface area contributed by atoms with Gasteiger partial charge in [0.2, 0.25) is 0 Å². The van der Waals surface area contributed by atoms with Gasteiger partial charge in [0.25, 0.3) is 0 Å². The Balaban J connectivity index is 1.01. The van der Waals surface area contributed by atoms with E-state index in [9.17, 15) is 0 Å². The molecule has 8 aromatic carbocycles. The second kappa shape index (κ2) is 16.1. The Morgan fingerprint density at radius 1 is 0.286 bits per heavy atom. The first-order valence-corrected chi connectivity index (χ1v) is 19.4. The van der Waals surface area contributed by atoms with E-state index in [0.717, 1.165) is 41.3 Å². The maximum atomic E-state index is 2.41. The molecule has 8 aromatic rings. The monoisotopic (exact) mass is 718 g/mol. The first-order valence-electron chi connectivity index (χ1n) is 19.4. The highest BCUT2D eigenvalue weighted by Gasteiger charge is 2.17. The molecule has 0 radical (unpaired) electrons. The zero-order valence-electron chi connectivity index (χ0n) is 31.2. The SMILES string of the molecule is C1=CCCC(N(c2ccc(-c3ccccc3)cc2)c2cccc(-c3cccc(-c4ccc(N(c5ccccc5)c5ccc(-c6ccccc6)cc5)cc4)c3)c2)=C1. The molecule has 0 saturated heterocycles. The molecule has 56 heavy (non-hydrogen) atoms. The normalized spacial score (nSPS) is 12.2. The molecule has 9 rings (SSSR count). The van der Waals surface area contributed by atoms with E-state index in [0.29, 0.717) is 0 Å². The molecule has 1 aliphatic carbocycles. The quantitative estimate of drug-likeness (QED) is 0.139. The van der Waals surface area contributed by atoms with Gasteiger partial charge in [-0.3, -0.25) is 0 Å². The molecule has 0 unspecified atom stereocenters. The summed E-state index contributed by atoms with van der Waals surface area (Å²) in [5, 5.41) is 0. The Morgan fingerprint density at radius 3 is 1.18 bits per heavy atom. The van der Waals surface area contributed by atoms with Gasteiger partial charge in [-0.15, -0.1) is 0 Å². The Hall–Kier alpha value is -7.16. The summed E-state index contributed by atoms with van der Waals surface area (Å²) in [6.45, 7) is 0. The molecule has 0 atom stereocenters. The second-order valence-corrected chi connectivity index (χ2v) is 14.1. The van der Waals surface area contributed by atoms with Gasteiger partial charge in [0.1, 0.15) is 0 Å². The van der Waals surface area contributed by atoms with Gasteiger partial charge in [0.05, 0.1) is 0 Å². The lowest BCUT2D eigenvalue weighted by molar-refractivity contribution is 0.918. The Bertz CT molecular complexity index is 2590. The number of allylic oxidation sites excluding steroid dienone is 4. The number of rotatable bonds is 10. The van der Waals surface area contributed by atoms with E-state index in [1.54, 1.807) is 0 Å². The molecule has 2 nitrogen and oxygen atoms in total. The van der Waals surface area contributed by atoms with Crippen molar-refractivity contribution in [3.05, 3.63) is 236 Å². The number of nitrogens with zero attached hydrogens (tertiary/aromatic N) is 2. The zero-order valence-corrected chi connectivity index (χ0v) is 31.2. The van der Waals surface area contributed by atoms with Gasteiger partial charge in [-0.2, -0.15) is 0 Å². The summed E-state index contributed by atoms with van der Waals surface area (Å²) >= 11 is 0. The molecule has 0 fully saturated rings. The third-order valence-corrected chi connectivity index (χ3v) is 10.5. The molecule has 1 aliphatic rings. The van der Waals surface area contributed by atoms with E-state index in [4.69, 9.17) is 0 Å². The molecule has 0 bridgehead atoms. The summed E-state index contributed by atoms with van der Waals surface area (Å²) in [4.78, 5) is 4.73. The highest BCUT2D eigenvalue weighted by atomic mass is 15.2. The Labute approximate surface area is 330 Å². The minimum absolute atomic E-state index is 0.993. The lowest BCUT2D eigenvalue weighted by Gasteiger charge is -2.29. The van der Waals surface area contributed by atoms with Crippen LogP contribution in [0.4, 0.5) is 28.4 Å². The number of para-hydroxylation sites is 1. The molecule has 0 aromatic heterocycles. The van der Waals surface area contributed by atoms with Gasteiger partial charge in [-0.05, 0) is 130 Å². The zero-order chi connectivity index (χ0) is 37.5.